The topological polar surface area (TPSA) is 12.0 Å². The van der Waals surface area contributed by atoms with Gasteiger partial charge in [0.1, 0.15) is 0 Å². The summed E-state index contributed by atoms with van der Waals surface area (Å²) in [5, 5.41) is 5.89. The zero-order valence-electron chi connectivity index (χ0n) is 7.70. The molecule has 70 valence electrons. The van der Waals surface area contributed by atoms with E-state index >= 15 is 0 Å². The van der Waals surface area contributed by atoms with Crippen LogP contribution >= 0.6 is 11.3 Å². The van der Waals surface area contributed by atoms with Gasteiger partial charge in [-0.1, -0.05) is 6.07 Å². The Morgan fingerprint density at radius 1 is 1.23 bits per heavy atom. The Labute approximate surface area is 83.2 Å². The molecule has 2 heteroatoms. The molecule has 2 fully saturated rings. The highest BCUT2D eigenvalue weighted by Gasteiger charge is 2.34. The number of rotatable bonds is 1. The molecule has 2 bridgehead atoms. The van der Waals surface area contributed by atoms with Gasteiger partial charge in [-0.05, 0) is 43.0 Å². The molecule has 3 rings (SSSR count). The van der Waals surface area contributed by atoms with Crippen molar-refractivity contribution in [1.82, 2.24) is 5.32 Å². The van der Waals surface area contributed by atoms with Crippen LogP contribution in [0, 0.1) is 0 Å². The Bertz CT molecular complexity index is 268. The van der Waals surface area contributed by atoms with Gasteiger partial charge in [0.15, 0.2) is 0 Å². The van der Waals surface area contributed by atoms with Crippen LogP contribution in [-0.4, -0.2) is 12.1 Å². The first kappa shape index (κ1) is 8.01. The zero-order valence-corrected chi connectivity index (χ0v) is 8.52. The molecule has 0 radical (unpaired) electrons. The molecule has 0 saturated carbocycles. The maximum Gasteiger partial charge on any atom is 0.00773 e. The molecule has 1 aromatic rings. The number of nitrogens with one attached hydrogen (secondary N) is 1. The Kier molecular flexibility index (Phi) is 1.91. The lowest BCUT2D eigenvalue weighted by Gasteiger charge is -2.28. The predicted molar refractivity (Wildman–Crippen MR) is 56.2 cm³/mol. The molecule has 1 aromatic heterocycles. The summed E-state index contributed by atoms with van der Waals surface area (Å²) >= 11 is 1.93. The fourth-order valence-corrected chi connectivity index (χ4v) is 3.67. The van der Waals surface area contributed by atoms with E-state index in [1.165, 1.54) is 25.7 Å². The summed E-state index contributed by atoms with van der Waals surface area (Å²) in [6, 6.07) is 6.14. The maximum absolute atomic E-state index is 3.69. The number of fused-ring (bicyclic) bond motifs is 2. The molecule has 1 unspecified atom stereocenters. The highest BCUT2D eigenvalue weighted by Crippen LogP contribution is 2.38. The highest BCUT2D eigenvalue weighted by molar-refractivity contribution is 7.10. The second-order valence-electron chi connectivity index (χ2n) is 4.32. The summed E-state index contributed by atoms with van der Waals surface area (Å²) in [5.41, 5.74) is 0. The van der Waals surface area contributed by atoms with Gasteiger partial charge in [0.2, 0.25) is 0 Å². The Hall–Kier alpha value is -0.340. The zero-order chi connectivity index (χ0) is 8.67. The van der Waals surface area contributed by atoms with Crippen molar-refractivity contribution >= 4 is 11.3 Å². The minimum absolute atomic E-state index is 0.825. The third-order valence-corrected chi connectivity index (χ3v) is 4.45. The van der Waals surface area contributed by atoms with Crippen LogP contribution in [0.2, 0.25) is 0 Å². The molecular formula is C11H15NS. The van der Waals surface area contributed by atoms with Crippen LogP contribution in [-0.2, 0) is 0 Å². The molecule has 2 saturated heterocycles. The molecule has 0 aromatic carbocycles. The molecule has 13 heavy (non-hydrogen) atoms. The van der Waals surface area contributed by atoms with Crippen LogP contribution in [0.3, 0.4) is 0 Å². The minimum Gasteiger partial charge on any atom is -0.311 e. The first-order valence-corrected chi connectivity index (χ1v) is 6.09. The van der Waals surface area contributed by atoms with Crippen molar-refractivity contribution in [1.29, 1.82) is 0 Å². The molecule has 1 nitrogen and oxygen atoms in total. The lowest BCUT2D eigenvalue weighted by molar-refractivity contribution is 0.366. The van der Waals surface area contributed by atoms with Gasteiger partial charge >= 0.3 is 0 Å². The molecule has 1 N–H and O–H groups in total. The molecular weight excluding hydrogens is 178 g/mol. The number of hydrogen-bond acceptors (Lipinski definition) is 2. The largest absolute Gasteiger partial charge is 0.311 e. The van der Waals surface area contributed by atoms with Crippen molar-refractivity contribution < 1.29 is 0 Å². The SMILES string of the molecule is c1csc(C2C[C@H]3CC[C@@H](C2)N3)c1. The third kappa shape index (κ3) is 1.42. The Morgan fingerprint density at radius 3 is 2.62 bits per heavy atom. The van der Waals surface area contributed by atoms with E-state index in [0.717, 1.165) is 18.0 Å². The molecule has 2 aliphatic rings. The summed E-state index contributed by atoms with van der Waals surface area (Å²) in [7, 11) is 0. The van der Waals surface area contributed by atoms with Gasteiger partial charge in [0, 0.05) is 17.0 Å². The van der Waals surface area contributed by atoms with Crippen molar-refractivity contribution in [3.8, 4) is 0 Å². The van der Waals surface area contributed by atoms with Crippen LogP contribution in [0.15, 0.2) is 17.5 Å². The average molecular weight is 193 g/mol. The first-order chi connectivity index (χ1) is 6.42. The van der Waals surface area contributed by atoms with E-state index in [1.807, 2.05) is 11.3 Å². The summed E-state index contributed by atoms with van der Waals surface area (Å²) < 4.78 is 0. The van der Waals surface area contributed by atoms with Gasteiger partial charge < -0.3 is 5.32 Å². The van der Waals surface area contributed by atoms with Crippen molar-refractivity contribution in [2.45, 2.75) is 43.7 Å². The van der Waals surface area contributed by atoms with E-state index in [1.54, 1.807) is 4.88 Å². The smallest absolute Gasteiger partial charge is 0.00773 e. The molecule has 2 aliphatic heterocycles. The quantitative estimate of drug-likeness (QED) is 0.723. The number of piperidine rings is 1. The van der Waals surface area contributed by atoms with Crippen LogP contribution in [0.5, 0.6) is 0 Å². The molecule has 0 aliphatic carbocycles. The number of thiophene rings is 1. The number of hydrogen-bond donors (Lipinski definition) is 1. The maximum atomic E-state index is 3.69. The summed E-state index contributed by atoms with van der Waals surface area (Å²) in [5.74, 6) is 0.860. The first-order valence-electron chi connectivity index (χ1n) is 5.21. The van der Waals surface area contributed by atoms with Crippen LogP contribution in [0.1, 0.15) is 36.5 Å². The average Bonchev–Trinajstić information content (AvgIpc) is 2.75. The minimum atomic E-state index is 0.825. The van der Waals surface area contributed by atoms with Crippen LogP contribution in [0.4, 0.5) is 0 Å². The van der Waals surface area contributed by atoms with Crippen LogP contribution < -0.4 is 5.32 Å². The molecule has 0 spiro atoms. The van der Waals surface area contributed by atoms with Gasteiger partial charge in [-0.2, -0.15) is 0 Å². The molecule has 3 heterocycles. The standard InChI is InChI=1S/C11H15NS/c1-2-11(13-5-1)8-6-9-3-4-10(7-8)12-9/h1-2,5,8-10,12H,3-4,6-7H2/t8?,9-,10+. The third-order valence-electron chi connectivity index (χ3n) is 3.42. The van der Waals surface area contributed by atoms with E-state index in [9.17, 15) is 0 Å². The van der Waals surface area contributed by atoms with E-state index in [-0.39, 0.29) is 0 Å². The van der Waals surface area contributed by atoms with Gasteiger partial charge in [-0.15, -0.1) is 11.3 Å². The second kappa shape index (κ2) is 3.10. The Balaban J connectivity index is 1.80. The lowest BCUT2D eigenvalue weighted by atomic mass is 9.91. The van der Waals surface area contributed by atoms with E-state index in [4.69, 9.17) is 0 Å². The van der Waals surface area contributed by atoms with Crippen molar-refractivity contribution in [3.63, 3.8) is 0 Å². The summed E-state index contributed by atoms with van der Waals surface area (Å²) in [4.78, 5) is 1.61. The fraction of sp³-hybridized carbons (Fsp3) is 0.636. The summed E-state index contributed by atoms with van der Waals surface area (Å²) in [6.45, 7) is 0. The Morgan fingerprint density at radius 2 is 2.00 bits per heavy atom. The van der Waals surface area contributed by atoms with Gasteiger partial charge in [-0.25, -0.2) is 0 Å². The van der Waals surface area contributed by atoms with Crippen molar-refractivity contribution in [2.24, 2.45) is 0 Å². The van der Waals surface area contributed by atoms with Crippen molar-refractivity contribution in [3.05, 3.63) is 22.4 Å². The van der Waals surface area contributed by atoms with E-state index in [0.29, 0.717) is 0 Å². The summed E-state index contributed by atoms with van der Waals surface area (Å²) in [6.07, 6.45) is 5.56. The van der Waals surface area contributed by atoms with Gasteiger partial charge in [0.05, 0.1) is 0 Å². The lowest BCUT2D eigenvalue weighted by Crippen LogP contribution is -2.36. The molecule has 3 atom stereocenters. The van der Waals surface area contributed by atoms with Crippen LogP contribution in [0.25, 0.3) is 0 Å². The van der Waals surface area contributed by atoms with Crippen molar-refractivity contribution in [2.75, 3.05) is 0 Å². The molecule has 0 amide bonds. The fourth-order valence-electron chi connectivity index (χ4n) is 2.81. The van der Waals surface area contributed by atoms with E-state index < -0.39 is 0 Å². The monoisotopic (exact) mass is 193 g/mol. The highest BCUT2D eigenvalue weighted by atomic mass is 32.1. The predicted octanol–water partition coefficient (Wildman–Crippen LogP) is 2.75. The normalized spacial score (nSPS) is 38.0. The van der Waals surface area contributed by atoms with E-state index in [2.05, 4.69) is 22.8 Å². The van der Waals surface area contributed by atoms with Gasteiger partial charge in [-0.3, -0.25) is 0 Å². The second-order valence-corrected chi connectivity index (χ2v) is 5.30. The van der Waals surface area contributed by atoms with Gasteiger partial charge in [0.25, 0.3) is 0 Å².